The van der Waals surface area contributed by atoms with E-state index in [1.165, 1.54) is 11.1 Å². The maximum Gasteiger partial charge on any atom is 0.187 e. The number of aromatic nitrogens is 4. The molecule has 3 aromatic rings. The average molecular weight is 344 g/mol. The van der Waals surface area contributed by atoms with E-state index in [2.05, 4.69) is 57.4 Å². The van der Waals surface area contributed by atoms with Crippen LogP contribution in [-0.2, 0) is 0 Å². The molecular formula is C15H14BrN5. The van der Waals surface area contributed by atoms with Crippen LogP contribution in [0.1, 0.15) is 11.1 Å². The molecule has 1 aromatic heterocycles. The van der Waals surface area contributed by atoms with Gasteiger partial charge in [-0.25, -0.2) is 0 Å². The zero-order valence-corrected chi connectivity index (χ0v) is 13.3. The molecular weight excluding hydrogens is 330 g/mol. The van der Waals surface area contributed by atoms with Gasteiger partial charge < -0.3 is 5.73 Å². The van der Waals surface area contributed by atoms with Gasteiger partial charge in [-0.05, 0) is 81.7 Å². The molecule has 0 spiro atoms. The fourth-order valence-electron chi connectivity index (χ4n) is 2.08. The summed E-state index contributed by atoms with van der Waals surface area (Å²) >= 11 is 3.39. The predicted octanol–water partition coefficient (Wildman–Crippen LogP) is 3.29. The van der Waals surface area contributed by atoms with Gasteiger partial charge in [-0.3, -0.25) is 0 Å². The summed E-state index contributed by atoms with van der Waals surface area (Å²) < 4.78 is 2.58. The third kappa shape index (κ3) is 2.54. The third-order valence-corrected chi connectivity index (χ3v) is 4.18. The Labute approximate surface area is 130 Å². The lowest BCUT2D eigenvalue weighted by molar-refractivity contribution is 0.790. The molecule has 6 heteroatoms. The van der Waals surface area contributed by atoms with E-state index in [-0.39, 0.29) is 0 Å². The van der Waals surface area contributed by atoms with Crippen molar-refractivity contribution in [2.75, 3.05) is 5.73 Å². The molecule has 21 heavy (non-hydrogen) atoms. The minimum Gasteiger partial charge on any atom is -0.398 e. The highest BCUT2D eigenvalue weighted by atomic mass is 79.9. The first-order valence-electron chi connectivity index (χ1n) is 6.47. The molecule has 0 radical (unpaired) electrons. The average Bonchev–Trinajstić information content (AvgIpc) is 2.94. The molecule has 0 saturated heterocycles. The molecule has 0 amide bonds. The Balaban J connectivity index is 2.12. The molecule has 0 unspecified atom stereocenters. The highest BCUT2D eigenvalue weighted by Crippen LogP contribution is 2.27. The van der Waals surface area contributed by atoms with Gasteiger partial charge in [-0.15, -0.1) is 5.10 Å². The maximum atomic E-state index is 5.93. The van der Waals surface area contributed by atoms with E-state index in [0.29, 0.717) is 11.5 Å². The Bertz CT molecular complexity index is 744. The summed E-state index contributed by atoms with van der Waals surface area (Å²) in [5, 5.41) is 12.0. The molecule has 2 N–H and O–H groups in total. The first-order valence-corrected chi connectivity index (χ1v) is 7.27. The maximum absolute atomic E-state index is 5.93. The van der Waals surface area contributed by atoms with Crippen LogP contribution in [0.15, 0.2) is 40.9 Å². The van der Waals surface area contributed by atoms with Crippen LogP contribution < -0.4 is 5.73 Å². The van der Waals surface area contributed by atoms with E-state index in [1.54, 1.807) is 4.68 Å². The summed E-state index contributed by atoms with van der Waals surface area (Å²) in [6.07, 6.45) is 0. The molecule has 106 valence electrons. The van der Waals surface area contributed by atoms with Crippen molar-refractivity contribution in [1.29, 1.82) is 0 Å². The number of rotatable bonds is 2. The van der Waals surface area contributed by atoms with Gasteiger partial charge in [-0.2, -0.15) is 4.68 Å². The number of benzene rings is 2. The molecule has 0 bridgehead atoms. The van der Waals surface area contributed by atoms with Gasteiger partial charge in [0.15, 0.2) is 5.82 Å². The Hall–Kier alpha value is -2.21. The molecule has 3 rings (SSSR count). The second-order valence-electron chi connectivity index (χ2n) is 4.92. The number of tetrazole rings is 1. The number of nitrogens with zero attached hydrogens (tertiary/aromatic N) is 4. The van der Waals surface area contributed by atoms with Crippen molar-refractivity contribution in [2.24, 2.45) is 0 Å². The number of nitrogen functional groups attached to an aromatic ring is 1. The van der Waals surface area contributed by atoms with E-state index < -0.39 is 0 Å². The quantitative estimate of drug-likeness (QED) is 0.725. The highest BCUT2D eigenvalue weighted by molar-refractivity contribution is 9.10. The van der Waals surface area contributed by atoms with E-state index in [0.717, 1.165) is 15.7 Å². The van der Waals surface area contributed by atoms with Crippen LogP contribution in [-0.4, -0.2) is 20.2 Å². The van der Waals surface area contributed by atoms with Crippen molar-refractivity contribution in [3.63, 3.8) is 0 Å². The highest BCUT2D eigenvalue weighted by Gasteiger charge is 2.12. The summed E-state index contributed by atoms with van der Waals surface area (Å²) in [5.74, 6) is 0.664. The SMILES string of the molecule is Cc1ccc(-n2nnnc2-c2ccc(Br)c(N)c2)cc1C. The van der Waals surface area contributed by atoms with Gasteiger partial charge in [0.2, 0.25) is 0 Å². The largest absolute Gasteiger partial charge is 0.398 e. The topological polar surface area (TPSA) is 69.6 Å². The van der Waals surface area contributed by atoms with Gasteiger partial charge >= 0.3 is 0 Å². The number of anilines is 1. The van der Waals surface area contributed by atoms with Crippen LogP contribution >= 0.6 is 15.9 Å². The zero-order valence-electron chi connectivity index (χ0n) is 11.7. The first-order chi connectivity index (χ1) is 10.1. The summed E-state index contributed by atoms with van der Waals surface area (Å²) in [5.41, 5.74) is 10.8. The number of aryl methyl sites for hydroxylation is 2. The molecule has 0 aliphatic carbocycles. The minimum atomic E-state index is 0.655. The van der Waals surface area contributed by atoms with Crippen molar-refractivity contribution >= 4 is 21.6 Å². The lowest BCUT2D eigenvalue weighted by atomic mass is 10.1. The second-order valence-corrected chi connectivity index (χ2v) is 5.77. The number of halogens is 1. The van der Waals surface area contributed by atoms with E-state index in [4.69, 9.17) is 5.73 Å². The van der Waals surface area contributed by atoms with Gasteiger partial charge in [0, 0.05) is 15.7 Å². The van der Waals surface area contributed by atoms with Crippen molar-refractivity contribution in [3.8, 4) is 17.1 Å². The molecule has 1 heterocycles. The van der Waals surface area contributed by atoms with Gasteiger partial charge in [0.1, 0.15) is 0 Å². The van der Waals surface area contributed by atoms with Crippen LogP contribution in [0.4, 0.5) is 5.69 Å². The Morgan fingerprint density at radius 2 is 1.86 bits per heavy atom. The predicted molar refractivity (Wildman–Crippen MR) is 86.2 cm³/mol. The lowest BCUT2D eigenvalue weighted by Gasteiger charge is -2.08. The second kappa shape index (κ2) is 5.29. The fourth-order valence-corrected chi connectivity index (χ4v) is 2.33. The van der Waals surface area contributed by atoms with E-state index >= 15 is 0 Å². The van der Waals surface area contributed by atoms with Crippen molar-refractivity contribution in [1.82, 2.24) is 20.2 Å². The number of hydrogen-bond donors (Lipinski definition) is 1. The van der Waals surface area contributed by atoms with Crippen LogP contribution in [0.25, 0.3) is 17.1 Å². The molecule has 0 fully saturated rings. The Morgan fingerprint density at radius 3 is 2.57 bits per heavy atom. The minimum absolute atomic E-state index is 0.655. The first kappa shape index (κ1) is 13.8. The van der Waals surface area contributed by atoms with Crippen molar-refractivity contribution in [3.05, 3.63) is 52.0 Å². The summed E-state index contributed by atoms with van der Waals surface area (Å²) in [6.45, 7) is 4.15. The zero-order chi connectivity index (χ0) is 15.0. The van der Waals surface area contributed by atoms with Gasteiger partial charge in [0.05, 0.1) is 5.69 Å². The smallest absolute Gasteiger partial charge is 0.187 e. The van der Waals surface area contributed by atoms with Crippen LogP contribution in [0.2, 0.25) is 0 Å². The number of nitrogens with two attached hydrogens (primary N) is 1. The van der Waals surface area contributed by atoms with Gasteiger partial charge in [0.25, 0.3) is 0 Å². The van der Waals surface area contributed by atoms with E-state index in [1.807, 2.05) is 24.3 Å². The molecule has 0 aliphatic heterocycles. The number of hydrogen-bond acceptors (Lipinski definition) is 4. The fraction of sp³-hybridized carbons (Fsp3) is 0.133. The summed E-state index contributed by atoms with van der Waals surface area (Å²) in [4.78, 5) is 0. The summed E-state index contributed by atoms with van der Waals surface area (Å²) in [6, 6.07) is 11.8. The standard InChI is InChI=1S/C15H14BrN5/c1-9-3-5-12(7-10(9)2)21-15(18-19-20-21)11-4-6-13(16)14(17)8-11/h3-8H,17H2,1-2H3. The van der Waals surface area contributed by atoms with Crippen LogP contribution in [0, 0.1) is 13.8 Å². The molecule has 2 aromatic carbocycles. The third-order valence-electron chi connectivity index (χ3n) is 3.46. The van der Waals surface area contributed by atoms with Crippen molar-refractivity contribution < 1.29 is 0 Å². The lowest BCUT2D eigenvalue weighted by Crippen LogP contribution is -2.01. The molecule has 0 atom stereocenters. The monoisotopic (exact) mass is 343 g/mol. The van der Waals surface area contributed by atoms with Gasteiger partial charge in [-0.1, -0.05) is 6.07 Å². The normalized spacial score (nSPS) is 10.8. The summed E-state index contributed by atoms with van der Waals surface area (Å²) in [7, 11) is 0. The van der Waals surface area contributed by atoms with Crippen molar-refractivity contribution in [2.45, 2.75) is 13.8 Å². The Kier molecular flexibility index (Phi) is 3.47. The van der Waals surface area contributed by atoms with E-state index in [9.17, 15) is 0 Å². The molecule has 0 saturated carbocycles. The van der Waals surface area contributed by atoms with Crippen LogP contribution in [0.5, 0.6) is 0 Å². The Morgan fingerprint density at radius 1 is 1.05 bits per heavy atom. The molecule has 0 aliphatic rings. The van der Waals surface area contributed by atoms with Crippen LogP contribution in [0.3, 0.4) is 0 Å². The molecule has 5 nitrogen and oxygen atoms in total.